The Morgan fingerprint density at radius 1 is 1.30 bits per heavy atom. The summed E-state index contributed by atoms with van der Waals surface area (Å²) in [6.45, 7) is 0.830. The van der Waals surface area contributed by atoms with E-state index in [1.54, 1.807) is 31.4 Å². The maximum Gasteiger partial charge on any atom is 0.328 e. The maximum atomic E-state index is 12.7. The van der Waals surface area contributed by atoms with E-state index in [0.717, 1.165) is 16.1 Å². The molecule has 0 spiro atoms. The van der Waals surface area contributed by atoms with E-state index in [2.05, 4.69) is 10.6 Å². The summed E-state index contributed by atoms with van der Waals surface area (Å²) in [7, 11) is -0.755. The molecule has 27 heavy (non-hydrogen) atoms. The lowest BCUT2D eigenvalue weighted by Crippen LogP contribution is -2.61. The number of amides is 1. The number of hydrogen-bond donors (Lipinski definition) is 2. The highest BCUT2D eigenvalue weighted by Gasteiger charge is 2.36. The normalized spacial score (nSPS) is 19.1. The van der Waals surface area contributed by atoms with Gasteiger partial charge in [-0.1, -0.05) is 12.1 Å². The molecule has 1 aliphatic heterocycles. The van der Waals surface area contributed by atoms with Crippen molar-refractivity contribution in [2.45, 2.75) is 18.5 Å². The van der Waals surface area contributed by atoms with Crippen molar-refractivity contribution < 1.29 is 27.5 Å². The van der Waals surface area contributed by atoms with Gasteiger partial charge in [0.2, 0.25) is 15.9 Å². The van der Waals surface area contributed by atoms with Crippen LogP contribution in [-0.2, 0) is 30.8 Å². The van der Waals surface area contributed by atoms with Gasteiger partial charge in [0.15, 0.2) is 0 Å². The number of carbonyl (C=O) groups is 2. The van der Waals surface area contributed by atoms with Gasteiger partial charge in [-0.05, 0) is 17.7 Å². The van der Waals surface area contributed by atoms with Gasteiger partial charge < -0.3 is 20.1 Å². The third-order valence-electron chi connectivity index (χ3n) is 4.32. The van der Waals surface area contributed by atoms with Crippen molar-refractivity contribution >= 4 is 21.9 Å². The molecule has 0 radical (unpaired) electrons. The average Bonchev–Trinajstić information content (AvgIpc) is 2.66. The molecule has 150 valence electrons. The Kier molecular flexibility index (Phi) is 7.17. The Labute approximate surface area is 159 Å². The monoisotopic (exact) mass is 399 g/mol. The molecule has 0 saturated carbocycles. The summed E-state index contributed by atoms with van der Waals surface area (Å²) in [6, 6.07) is 5.22. The van der Waals surface area contributed by atoms with Gasteiger partial charge in [-0.15, -0.1) is 0 Å². The summed E-state index contributed by atoms with van der Waals surface area (Å²) < 4.78 is 34.9. The van der Waals surface area contributed by atoms with E-state index in [0.29, 0.717) is 12.3 Å². The molecule has 10 heteroatoms. The van der Waals surface area contributed by atoms with Gasteiger partial charge in [-0.2, -0.15) is 4.31 Å². The van der Waals surface area contributed by atoms with Crippen LogP contribution < -0.4 is 15.4 Å². The zero-order chi connectivity index (χ0) is 20.0. The third-order valence-corrected chi connectivity index (χ3v) is 5.61. The molecule has 1 aliphatic rings. The minimum absolute atomic E-state index is 0.176. The number of esters is 1. The first-order valence-corrected chi connectivity index (χ1v) is 10.3. The van der Waals surface area contributed by atoms with E-state index < -0.39 is 34.0 Å². The number of sulfonamides is 1. The molecule has 1 aromatic rings. The lowest BCUT2D eigenvalue weighted by Gasteiger charge is -2.33. The van der Waals surface area contributed by atoms with Crippen LogP contribution in [0.4, 0.5) is 0 Å². The second kappa shape index (κ2) is 9.16. The van der Waals surface area contributed by atoms with Crippen molar-refractivity contribution in [1.29, 1.82) is 0 Å². The topological polar surface area (TPSA) is 114 Å². The first-order chi connectivity index (χ1) is 12.8. The minimum atomic E-state index is -3.55. The Hall–Kier alpha value is -2.17. The molecule has 1 fully saturated rings. The molecule has 1 saturated heterocycles. The number of nitrogens with zero attached hydrogens (tertiary/aromatic N) is 1. The fourth-order valence-corrected chi connectivity index (χ4v) is 3.96. The molecule has 9 nitrogen and oxygen atoms in total. The minimum Gasteiger partial charge on any atom is -0.497 e. The second-order valence-electron chi connectivity index (χ2n) is 6.23. The number of methoxy groups -OCH3 is 2. The first kappa shape index (κ1) is 21.1. The van der Waals surface area contributed by atoms with E-state index in [9.17, 15) is 18.0 Å². The smallest absolute Gasteiger partial charge is 0.328 e. The van der Waals surface area contributed by atoms with Crippen LogP contribution in [0.3, 0.4) is 0 Å². The van der Waals surface area contributed by atoms with Gasteiger partial charge in [0.05, 0.1) is 20.5 Å². The van der Waals surface area contributed by atoms with Crippen molar-refractivity contribution in [3.05, 3.63) is 29.8 Å². The highest BCUT2D eigenvalue weighted by atomic mass is 32.2. The molecule has 0 bridgehead atoms. The van der Waals surface area contributed by atoms with Crippen molar-refractivity contribution in [3.63, 3.8) is 0 Å². The summed E-state index contributed by atoms with van der Waals surface area (Å²) in [5.41, 5.74) is 0.799. The van der Waals surface area contributed by atoms with Crippen LogP contribution in [0, 0.1) is 0 Å². The molecule has 2 N–H and O–H groups in total. The van der Waals surface area contributed by atoms with Gasteiger partial charge in [0.25, 0.3) is 0 Å². The highest BCUT2D eigenvalue weighted by molar-refractivity contribution is 7.88. The lowest BCUT2D eigenvalue weighted by atomic mass is 10.0. The molecule has 1 heterocycles. The third kappa shape index (κ3) is 5.65. The van der Waals surface area contributed by atoms with Crippen molar-refractivity contribution in [2.24, 2.45) is 0 Å². The number of ether oxygens (including phenoxy) is 2. The van der Waals surface area contributed by atoms with Gasteiger partial charge in [-0.3, -0.25) is 4.79 Å². The SMILES string of the molecule is COC(=O)[C@H](Cc1ccc(OC)cc1)NC(=O)[C@H]1CNCCN1S(C)(=O)=O. The number of rotatable bonds is 7. The Balaban J connectivity index is 2.14. The number of piperazine rings is 1. The molecule has 1 aromatic carbocycles. The van der Waals surface area contributed by atoms with Crippen LogP contribution in [0.1, 0.15) is 5.56 Å². The van der Waals surface area contributed by atoms with Gasteiger partial charge in [0, 0.05) is 26.1 Å². The van der Waals surface area contributed by atoms with E-state index in [-0.39, 0.29) is 19.5 Å². The van der Waals surface area contributed by atoms with Gasteiger partial charge >= 0.3 is 5.97 Å². The lowest BCUT2D eigenvalue weighted by molar-refractivity contribution is -0.145. The summed E-state index contributed by atoms with van der Waals surface area (Å²) in [5, 5.41) is 5.63. The quantitative estimate of drug-likeness (QED) is 0.573. The molecular formula is C17H25N3O6S. The van der Waals surface area contributed by atoms with E-state index in [1.807, 2.05) is 0 Å². The van der Waals surface area contributed by atoms with Gasteiger partial charge in [-0.25, -0.2) is 13.2 Å². The first-order valence-electron chi connectivity index (χ1n) is 8.45. The van der Waals surface area contributed by atoms with E-state index >= 15 is 0 Å². The number of nitrogens with one attached hydrogen (secondary N) is 2. The van der Waals surface area contributed by atoms with Crippen molar-refractivity contribution in [3.8, 4) is 5.75 Å². The van der Waals surface area contributed by atoms with Crippen molar-refractivity contribution in [1.82, 2.24) is 14.9 Å². The zero-order valence-electron chi connectivity index (χ0n) is 15.6. The standard InChI is InChI=1S/C17H25N3O6S/c1-25-13-6-4-12(5-7-13)10-14(17(22)26-2)19-16(21)15-11-18-8-9-20(15)27(3,23)24/h4-7,14-15,18H,8-11H2,1-3H3,(H,19,21)/t14-,15+/m0/s1. The Bertz CT molecular complexity index is 765. The summed E-state index contributed by atoms with van der Waals surface area (Å²) in [5.74, 6) is -0.472. The zero-order valence-corrected chi connectivity index (χ0v) is 16.4. The molecule has 2 atom stereocenters. The molecular weight excluding hydrogens is 374 g/mol. The Morgan fingerprint density at radius 2 is 1.96 bits per heavy atom. The van der Waals surface area contributed by atoms with Crippen LogP contribution in [-0.4, -0.2) is 76.8 Å². The largest absolute Gasteiger partial charge is 0.497 e. The maximum absolute atomic E-state index is 12.7. The predicted molar refractivity (Wildman–Crippen MR) is 98.9 cm³/mol. The molecule has 0 aliphatic carbocycles. The van der Waals surface area contributed by atoms with Crippen molar-refractivity contribution in [2.75, 3.05) is 40.1 Å². The van der Waals surface area contributed by atoms with E-state index in [1.165, 1.54) is 7.11 Å². The second-order valence-corrected chi connectivity index (χ2v) is 8.17. The summed E-state index contributed by atoms with van der Waals surface area (Å²) in [6.07, 6.45) is 1.27. The average molecular weight is 399 g/mol. The fraction of sp³-hybridized carbons (Fsp3) is 0.529. The number of hydrogen-bond acceptors (Lipinski definition) is 7. The molecule has 0 unspecified atom stereocenters. The summed E-state index contributed by atoms with van der Waals surface area (Å²) >= 11 is 0. The van der Waals surface area contributed by atoms with E-state index in [4.69, 9.17) is 9.47 Å². The number of carbonyl (C=O) groups excluding carboxylic acids is 2. The predicted octanol–water partition coefficient (Wildman–Crippen LogP) is -0.871. The molecule has 0 aromatic heterocycles. The van der Waals surface area contributed by atoms with Crippen LogP contribution in [0.2, 0.25) is 0 Å². The molecule has 2 rings (SSSR count). The Morgan fingerprint density at radius 3 is 2.52 bits per heavy atom. The van der Waals surface area contributed by atoms with Crippen LogP contribution >= 0.6 is 0 Å². The van der Waals surface area contributed by atoms with Crippen LogP contribution in [0.5, 0.6) is 5.75 Å². The van der Waals surface area contributed by atoms with Gasteiger partial charge in [0.1, 0.15) is 17.8 Å². The fourth-order valence-electron chi connectivity index (χ4n) is 2.91. The van der Waals surface area contributed by atoms with Crippen LogP contribution in [0.25, 0.3) is 0 Å². The number of benzene rings is 1. The molecule has 1 amide bonds. The summed E-state index contributed by atoms with van der Waals surface area (Å²) in [4.78, 5) is 24.8. The highest BCUT2D eigenvalue weighted by Crippen LogP contribution is 2.14. The van der Waals surface area contributed by atoms with Crippen LogP contribution in [0.15, 0.2) is 24.3 Å².